The van der Waals surface area contributed by atoms with Crippen LogP contribution in [-0.4, -0.2) is 40.2 Å². The zero-order chi connectivity index (χ0) is 14.1. The minimum absolute atomic E-state index is 0.158. The smallest absolute Gasteiger partial charge is 0.321 e. The second-order valence-corrected chi connectivity index (χ2v) is 7.07. The third kappa shape index (κ3) is 6.79. The number of aromatic nitrogens is 2. The first-order valence-corrected chi connectivity index (χ1v) is 8.61. The quantitative estimate of drug-likeness (QED) is 0.747. The topological polar surface area (TPSA) is 84.0 Å². The molecule has 0 radical (unpaired) electrons. The fraction of sp³-hybridized carbons (Fsp3) is 0.600. The first-order valence-electron chi connectivity index (χ1n) is 5.82. The van der Waals surface area contributed by atoms with Gasteiger partial charge in [-0.1, -0.05) is 48.7 Å². The third-order valence-corrected chi connectivity index (χ3v) is 4.84. The van der Waals surface area contributed by atoms with Crippen LogP contribution in [0.3, 0.4) is 0 Å². The highest BCUT2D eigenvalue weighted by Gasteiger charge is 2.10. The van der Waals surface area contributed by atoms with E-state index in [1.165, 1.54) is 23.1 Å². The number of hydrogen-bond donors (Lipinski definition) is 2. The van der Waals surface area contributed by atoms with Gasteiger partial charge in [0.2, 0.25) is 5.91 Å². The first-order chi connectivity index (χ1) is 9.15. The Labute approximate surface area is 124 Å². The Morgan fingerprint density at radius 3 is 2.53 bits per heavy atom. The summed E-state index contributed by atoms with van der Waals surface area (Å²) in [7, 11) is 0. The maximum atomic E-state index is 11.5. The molecule has 0 aliphatic carbocycles. The summed E-state index contributed by atoms with van der Waals surface area (Å²) in [5.41, 5.74) is 0. The van der Waals surface area contributed by atoms with E-state index in [4.69, 9.17) is 0 Å². The fourth-order valence-electron chi connectivity index (χ4n) is 1.01. The molecule has 1 aromatic rings. The highest BCUT2D eigenvalue weighted by molar-refractivity contribution is 8.03. The van der Waals surface area contributed by atoms with Gasteiger partial charge < -0.3 is 5.32 Å². The van der Waals surface area contributed by atoms with Crippen LogP contribution in [0.4, 0.5) is 4.79 Å². The molecular weight excluding hydrogens is 304 g/mol. The second-order valence-electron chi connectivity index (χ2n) is 3.36. The highest BCUT2D eigenvalue weighted by Crippen LogP contribution is 2.28. The van der Waals surface area contributed by atoms with Crippen molar-refractivity contribution in [2.24, 2.45) is 0 Å². The first kappa shape index (κ1) is 16.3. The van der Waals surface area contributed by atoms with E-state index in [2.05, 4.69) is 20.8 Å². The molecule has 1 rings (SSSR count). The predicted octanol–water partition coefficient (Wildman–Crippen LogP) is 1.98. The average Bonchev–Trinajstić information content (AvgIpc) is 2.82. The monoisotopic (exact) mass is 320 g/mol. The van der Waals surface area contributed by atoms with E-state index in [1.807, 2.05) is 13.8 Å². The Morgan fingerprint density at radius 2 is 1.89 bits per heavy atom. The molecule has 106 valence electrons. The maximum absolute atomic E-state index is 11.5. The highest BCUT2D eigenvalue weighted by atomic mass is 32.2. The molecule has 0 fully saturated rings. The number of nitrogens with one attached hydrogen (secondary N) is 2. The van der Waals surface area contributed by atoms with Gasteiger partial charge in [-0.15, -0.1) is 10.2 Å². The van der Waals surface area contributed by atoms with E-state index in [1.54, 1.807) is 11.8 Å². The summed E-state index contributed by atoms with van der Waals surface area (Å²) in [6.07, 6.45) is 0.832. The molecule has 0 aliphatic rings. The van der Waals surface area contributed by atoms with Crippen molar-refractivity contribution in [3.63, 3.8) is 0 Å². The summed E-state index contributed by atoms with van der Waals surface area (Å²) < 4.78 is 1.63. The number of carbonyl (C=O) groups is 2. The normalized spacial score (nSPS) is 10.2. The van der Waals surface area contributed by atoms with Gasteiger partial charge in [0.15, 0.2) is 8.68 Å². The molecule has 0 atom stereocenters. The van der Waals surface area contributed by atoms with Gasteiger partial charge >= 0.3 is 6.03 Å². The Kier molecular flexibility index (Phi) is 7.84. The standard InChI is InChI=1S/C10H16N4O2S3/c1-3-5-11-8(16)12-7(15)6-18-10-14-13-9(19-10)17-4-2/h3-6H2,1-2H3,(H2,11,12,15,16). The van der Waals surface area contributed by atoms with Gasteiger partial charge in [-0.25, -0.2) is 4.79 Å². The van der Waals surface area contributed by atoms with Crippen molar-refractivity contribution >= 4 is 46.8 Å². The summed E-state index contributed by atoms with van der Waals surface area (Å²) in [4.78, 5) is 22.7. The lowest BCUT2D eigenvalue weighted by Gasteiger charge is -2.04. The Balaban J connectivity index is 2.27. The van der Waals surface area contributed by atoms with Gasteiger partial charge in [0.25, 0.3) is 0 Å². The molecule has 0 spiro atoms. The molecule has 2 N–H and O–H groups in total. The Hall–Kier alpha value is -0.800. The molecule has 0 bridgehead atoms. The minimum atomic E-state index is -0.452. The van der Waals surface area contributed by atoms with Crippen molar-refractivity contribution in [1.29, 1.82) is 0 Å². The van der Waals surface area contributed by atoms with Crippen LogP contribution < -0.4 is 10.6 Å². The summed E-state index contributed by atoms with van der Waals surface area (Å²) >= 11 is 4.35. The largest absolute Gasteiger partial charge is 0.338 e. The van der Waals surface area contributed by atoms with Gasteiger partial charge in [0.1, 0.15) is 0 Å². The van der Waals surface area contributed by atoms with Crippen molar-refractivity contribution < 1.29 is 9.59 Å². The van der Waals surface area contributed by atoms with E-state index in [0.717, 1.165) is 20.9 Å². The van der Waals surface area contributed by atoms with E-state index in [-0.39, 0.29) is 11.7 Å². The zero-order valence-corrected chi connectivity index (χ0v) is 13.2. The third-order valence-electron chi connectivity index (χ3n) is 1.77. The van der Waals surface area contributed by atoms with Crippen LogP contribution in [0.1, 0.15) is 20.3 Å². The summed E-state index contributed by atoms with van der Waals surface area (Å²) in [5.74, 6) is 0.765. The lowest BCUT2D eigenvalue weighted by molar-refractivity contribution is -0.117. The fourth-order valence-corrected chi connectivity index (χ4v) is 3.73. The molecule has 0 aliphatic heterocycles. The number of rotatable bonds is 7. The molecule has 1 heterocycles. The molecule has 19 heavy (non-hydrogen) atoms. The van der Waals surface area contributed by atoms with Crippen molar-refractivity contribution in [2.45, 2.75) is 28.9 Å². The lowest BCUT2D eigenvalue weighted by Crippen LogP contribution is -2.40. The van der Waals surface area contributed by atoms with Crippen molar-refractivity contribution in [1.82, 2.24) is 20.8 Å². The van der Waals surface area contributed by atoms with Gasteiger partial charge in [-0.2, -0.15) is 0 Å². The number of nitrogens with zero attached hydrogens (tertiary/aromatic N) is 2. The van der Waals surface area contributed by atoms with Gasteiger partial charge in [0.05, 0.1) is 5.75 Å². The summed E-state index contributed by atoms with van der Waals surface area (Å²) in [6.45, 7) is 4.54. The van der Waals surface area contributed by atoms with E-state index >= 15 is 0 Å². The molecule has 0 saturated heterocycles. The molecule has 9 heteroatoms. The molecule has 6 nitrogen and oxygen atoms in total. The average molecular weight is 320 g/mol. The van der Waals surface area contributed by atoms with E-state index in [9.17, 15) is 9.59 Å². The van der Waals surface area contributed by atoms with Crippen LogP contribution in [0, 0.1) is 0 Å². The Bertz CT molecular complexity index is 425. The number of imide groups is 1. The molecule has 1 aromatic heterocycles. The predicted molar refractivity (Wildman–Crippen MR) is 78.9 cm³/mol. The Morgan fingerprint density at radius 1 is 1.21 bits per heavy atom. The van der Waals surface area contributed by atoms with Crippen LogP contribution in [0.25, 0.3) is 0 Å². The number of amides is 3. The molecule has 0 aromatic carbocycles. The summed E-state index contributed by atoms with van der Waals surface area (Å²) in [6, 6.07) is -0.452. The second kappa shape index (κ2) is 9.16. The van der Waals surface area contributed by atoms with Crippen LogP contribution in [-0.2, 0) is 4.79 Å². The lowest BCUT2D eigenvalue weighted by atomic mass is 10.5. The van der Waals surface area contributed by atoms with Crippen LogP contribution >= 0.6 is 34.9 Å². The van der Waals surface area contributed by atoms with Gasteiger partial charge in [-0.3, -0.25) is 10.1 Å². The van der Waals surface area contributed by atoms with Crippen LogP contribution in [0.2, 0.25) is 0 Å². The maximum Gasteiger partial charge on any atom is 0.321 e. The van der Waals surface area contributed by atoms with Crippen molar-refractivity contribution in [3.05, 3.63) is 0 Å². The number of urea groups is 1. The van der Waals surface area contributed by atoms with Crippen molar-refractivity contribution in [2.75, 3.05) is 18.1 Å². The van der Waals surface area contributed by atoms with Gasteiger partial charge in [-0.05, 0) is 12.2 Å². The van der Waals surface area contributed by atoms with Crippen LogP contribution in [0.15, 0.2) is 8.68 Å². The van der Waals surface area contributed by atoms with Gasteiger partial charge in [0, 0.05) is 6.54 Å². The number of thioether (sulfide) groups is 2. The zero-order valence-electron chi connectivity index (χ0n) is 10.8. The molecule has 0 unspecified atom stereocenters. The van der Waals surface area contributed by atoms with E-state index in [0.29, 0.717) is 6.54 Å². The molecular formula is C10H16N4O2S3. The van der Waals surface area contributed by atoms with Crippen molar-refractivity contribution in [3.8, 4) is 0 Å². The number of carbonyl (C=O) groups excluding carboxylic acids is 2. The molecule has 0 saturated carbocycles. The summed E-state index contributed by atoms with van der Waals surface area (Å²) in [5, 5.41) is 12.8. The number of hydrogen-bond acceptors (Lipinski definition) is 7. The minimum Gasteiger partial charge on any atom is -0.338 e. The SMILES string of the molecule is CCCNC(=O)NC(=O)CSc1nnc(SCC)s1. The molecule has 3 amide bonds. The van der Waals surface area contributed by atoms with E-state index < -0.39 is 6.03 Å². The van der Waals surface area contributed by atoms with Crippen LogP contribution in [0.5, 0.6) is 0 Å².